The summed E-state index contributed by atoms with van der Waals surface area (Å²) in [6.45, 7) is 1.78. The summed E-state index contributed by atoms with van der Waals surface area (Å²) in [5.41, 5.74) is 1.07. The molecule has 2 heterocycles. The Kier molecular flexibility index (Phi) is 3.25. The number of benzene rings is 1. The van der Waals surface area contributed by atoms with E-state index in [4.69, 9.17) is 4.74 Å². The van der Waals surface area contributed by atoms with Gasteiger partial charge in [0.05, 0.1) is 16.3 Å². The van der Waals surface area contributed by atoms with Crippen LogP contribution in [0.5, 0.6) is 0 Å². The molecule has 1 saturated heterocycles. The summed E-state index contributed by atoms with van der Waals surface area (Å²) >= 11 is 1.71. The van der Waals surface area contributed by atoms with Crippen LogP contribution in [0.3, 0.4) is 0 Å². The van der Waals surface area contributed by atoms with Crippen molar-refractivity contribution in [3.8, 4) is 0 Å². The van der Waals surface area contributed by atoms with Gasteiger partial charge in [-0.15, -0.1) is 0 Å². The predicted molar refractivity (Wildman–Crippen MR) is 71.7 cm³/mol. The first-order valence-electron chi connectivity index (χ1n) is 6.13. The van der Waals surface area contributed by atoms with E-state index in [-0.39, 0.29) is 0 Å². The van der Waals surface area contributed by atoms with Crippen LogP contribution in [0.15, 0.2) is 24.3 Å². The monoisotopic (exact) mass is 248 g/mol. The molecule has 1 unspecified atom stereocenters. The highest BCUT2D eigenvalue weighted by molar-refractivity contribution is 7.22. The highest BCUT2D eigenvalue weighted by atomic mass is 32.1. The Bertz CT molecular complexity index is 458. The lowest BCUT2D eigenvalue weighted by atomic mass is 10.1. The topological polar surface area (TPSA) is 34.1 Å². The molecular weight excluding hydrogens is 232 g/mol. The lowest BCUT2D eigenvalue weighted by Gasteiger charge is -2.22. The van der Waals surface area contributed by atoms with Crippen LogP contribution >= 0.6 is 11.3 Å². The van der Waals surface area contributed by atoms with Gasteiger partial charge in [0.15, 0.2) is 5.13 Å². The van der Waals surface area contributed by atoms with Gasteiger partial charge in [-0.25, -0.2) is 4.98 Å². The van der Waals surface area contributed by atoms with E-state index in [1.807, 2.05) is 12.1 Å². The molecule has 1 aromatic carbocycles. The van der Waals surface area contributed by atoms with Crippen molar-refractivity contribution in [3.63, 3.8) is 0 Å². The van der Waals surface area contributed by atoms with Crippen molar-refractivity contribution >= 4 is 26.7 Å². The SMILES string of the molecule is c1ccc2sc(NCC3CCCCO3)nc2c1. The fraction of sp³-hybridized carbons (Fsp3) is 0.462. The number of hydrogen-bond donors (Lipinski definition) is 1. The summed E-state index contributed by atoms with van der Waals surface area (Å²) < 4.78 is 6.92. The molecule has 0 spiro atoms. The van der Waals surface area contributed by atoms with Gasteiger partial charge in [-0.1, -0.05) is 23.5 Å². The second-order valence-electron chi connectivity index (χ2n) is 4.36. The molecular formula is C13H16N2OS. The van der Waals surface area contributed by atoms with Crippen LogP contribution in [-0.2, 0) is 4.74 Å². The number of thiazole rings is 1. The predicted octanol–water partition coefficient (Wildman–Crippen LogP) is 3.28. The molecule has 1 atom stereocenters. The van der Waals surface area contributed by atoms with Gasteiger partial charge < -0.3 is 10.1 Å². The van der Waals surface area contributed by atoms with Crippen molar-refractivity contribution < 1.29 is 4.74 Å². The Balaban J connectivity index is 1.64. The van der Waals surface area contributed by atoms with Crippen LogP contribution in [0.4, 0.5) is 5.13 Å². The zero-order chi connectivity index (χ0) is 11.5. The number of aromatic nitrogens is 1. The number of para-hydroxylation sites is 1. The van der Waals surface area contributed by atoms with Crippen molar-refractivity contribution in [2.75, 3.05) is 18.5 Å². The zero-order valence-electron chi connectivity index (χ0n) is 9.69. The minimum absolute atomic E-state index is 0.357. The van der Waals surface area contributed by atoms with Crippen LogP contribution in [0, 0.1) is 0 Å². The molecule has 0 aliphatic carbocycles. The first-order valence-corrected chi connectivity index (χ1v) is 6.94. The van der Waals surface area contributed by atoms with Gasteiger partial charge in [-0.05, 0) is 31.4 Å². The van der Waals surface area contributed by atoms with Gasteiger partial charge in [0.1, 0.15) is 0 Å². The third kappa shape index (κ3) is 2.58. The van der Waals surface area contributed by atoms with E-state index in [1.54, 1.807) is 11.3 Å². The van der Waals surface area contributed by atoms with Crippen LogP contribution in [-0.4, -0.2) is 24.2 Å². The lowest BCUT2D eigenvalue weighted by Crippen LogP contribution is -2.26. The van der Waals surface area contributed by atoms with Gasteiger partial charge >= 0.3 is 0 Å². The summed E-state index contributed by atoms with van der Waals surface area (Å²) in [6.07, 6.45) is 4.01. The second-order valence-corrected chi connectivity index (χ2v) is 5.39. The molecule has 1 fully saturated rings. The number of rotatable bonds is 3. The molecule has 17 heavy (non-hydrogen) atoms. The quantitative estimate of drug-likeness (QED) is 0.905. The highest BCUT2D eigenvalue weighted by Crippen LogP contribution is 2.25. The maximum atomic E-state index is 5.69. The van der Waals surface area contributed by atoms with Gasteiger partial charge in [-0.2, -0.15) is 0 Å². The van der Waals surface area contributed by atoms with Crippen LogP contribution in [0.1, 0.15) is 19.3 Å². The fourth-order valence-electron chi connectivity index (χ4n) is 2.12. The van der Waals surface area contributed by atoms with Gasteiger partial charge in [0.25, 0.3) is 0 Å². The third-order valence-electron chi connectivity index (χ3n) is 3.05. The minimum Gasteiger partial charge on any atom is -0.376 e. The molecule has 1 aliphatic heterocycles. The molecule has 0 radical (unpaired) electrons. The van der Waals surface area contributed by atoms with Gasteiger partial charge in [0, 0.05) is 13.2 Å². The molecule has 1 aromatic heterocycles. The number of ether oxygens (including phenoxy) is 1. The van der Waals surface area contributed by atoms with Gasteiger partial charge in [-0.3, -0.25) is 0 Å². The Morgan fingerprint density at radius 2 is 2.29 bits per heavy atom. The van der Waals surface area contributed by atoms with Crippen LogP contribution in [0.25, 0.3) is 10.2 Å². The zero-order valence-corrected chi connectivity index (χ0v) is 10.5. The van der Waals surface area contributed by atoms with Crippen molar-refractivity contribution in [1.29, 1.82) is 0 Å². The molecule has 4 heteroatoms. The fourth-order valence-corrected chi connectivity index (χ4v) is 2.99. The normalized spacial score (nSPS) is 20.6. The van der Waals surface area contributed by atoms with E-state index >= 15 is 0 Å². The molecule has 0 saturated carbocycles. The second kappa shape index (κ2) is 5.02. The maximum Gasteiger partial charge on any atom is 0.183 e. The molecule has 2 aromatic rings. The van der Waals surface area contributed by atoms with Crippen molar-refractivity contribution in [1.82, 2.24) is 4.98 Å². The Morgan fingerprint density at radius 3 is 3.12 bits per heavy atom. The Morgan fingerprint density at radius 1 is 1.35 bits per heavy atom. The first kappa shape index (κ1) is 11.0. The number of nitrogens with one attached hydrogen (secondary N) is 1. The van der Waals surface area contributed by atoms with E-state index in [1.165, 1.54) is 17.5 Å². The third-order valence-corrected chi connectivity index (χ3v) is 4.04. The molecule has 90 valence electrons. The number of anilines is 1. The summed E-state index contributed by atoms with van der Waals surface area (Å²) in [4.78, 5) is 4.55. The van der Waals surface area contributed by atoms with E-state index in [2.05, 4.69) is 22.4 Å². The lowest BCUT2D eigenvalue weighted by molar-refractivity contribution is 0.0247. The largest absolute Gasteiger partial charge is 0.376 e. The average Bonchev–Trinajstić information content (AvgIpc) is 2.80. The number of fused-ring (bicyclic) bond motifs is 1. The van der Waals surface area contributed by atoms with Crippen LogP contribution in [0.2, 0.25) is 0 Å². The number of nitrogens with zero attached hydrogens (tertiary/aromatic N) is 1. The molecule has 3 nitrogen and oxygen atoms in total. The van der Waals surface area contributed by atoms with Crippen molar-refractivity contribution in [3.05, 3.63) is 24.3 Å². The highest BCUT2D eigenvalue weighted by Gasteiger charge is 2.14. The van der Waals surface area contributed by atoms with Crippen molar-refractivity contribution in [2.24, 2.45) is 0 Å². The molecule has 0 bridgehead atoms. The van der Waals surface area contributed by atoms with Crippen molar-refractivity contribution in [2.45, 2.75) is 25.4 Å². The Hall–Kier alpha value is -1.13. The molecule has 1 N–H and O–H groups in total. The summed E-state index contributed by atoms with van der Waals surface area (Å²) in [7, 11) is 0. The molecule has 3 rings (SSSR count). The Labute approximate surface area is 105 Å². The van der Waals surface area contributed by atoms with E-state index < -0.39 is 0 Å². The minimum atomic E-state index is 0.357. The molecule has 1 aliphatic rings. The summed E-state index contributed by atoms with van der Waals surface area (Å²) in [5.74, 6) is 0. The average molecular weight is 248 g/mol. The van der Waals surface area contributed by atoms with E-state index in [0.717, 1.165) is 30.2 Å². The van der Waals surface area contributed by atoms with E-state index in [0.29, 0.717) is 6.10 Å². The van der Waals surface area contributed by atoms with E-state index in [9.17, 15) is 0 Å². The smallest absolute Gasteiger partial charge is 0.183 e. The maximum absolute atomic E-state index is 5.69. The first-order chi connectivity index (χ1) is 8.42. The van der Waals surface area contributed by atoms with Gasteiger partial charge in [0.2, 0.25) is 0 Å². The molecule has 0 amide bonds. The van der Waals surface area contributed by atoms with Crippen LogP contribution < -0.4 is 5.32 Å². The summed E-state index contributed by atoms with van der Waals surface area (Å²) in [5, 5.41) is 4.39. The summed E-state index contributed by atoms with van der Waals surface area (Å²) in [6, 6.07) is 8.23. The standard InChI is InChI=1S/C13H16N2OS/c1-2-7-12-11(6-1)15-13(17-12)14-9-10-5-3-4-8-16-10/h1-2,6-7,10H,3-5,8-9H2,(H,14,15). The number of hydrogen-bond acceptors (Lipinski definition) is 4.